The van der Waals surface area contributed by atoms with Gasteiger partial charge in [-0.1, -0.05) is 12.1 Å². The molecule has 1 aromatic carbocycles. The zero-order valence-corrected chi connectivity index (χ0v) is 10.5. The van der Waals surface area contributed by atoms with Crippen LogP contribution in [0.4, 0.5) is 5.69 Å². The van der Waals surface area contributed by atoms with Gasteiger partial charge in [0, 0.05) is 23.4 Å². The molecule has 5 heteroatoms. The number of nitrogens with zero attached hydrogens (tertiary/aromatic N) is 1. The zero-order chi connectivity index (χ0) is 12.7. The molecule has 2 heterocycles. The first kappa shape index (κ1) is 11.4. The summed E-state index contributed by atoms with van der Waals surface area (Å²) < 4.78 is 0.733. The molecule has 0 radical (unpaired) electrons. The van der Waals surface area contributed by atoms with E-state index in [0.717, 1.165) is 34.3 Å². The first-order valence-electron chi connectivity index (χ1n) is 5.92. The average molecular weight is 265 g/mol. The number of hydrogen-bond acceptors (Lipinski definition) is 3. The summed E-state index contributed by atoms with van der Waals surface area (Å²) in [4.78, 5) is 12.1. The topological polar surface area (TPSA) is 54.3 Å². The Hall–Kier alpha value is -1.68. The van der Waals surface area contributed by atoms with E-state index in [4.69, 9.17) is 11.6 Å². The lowest BCUT2D eigenvalue weighted by Crippen LogP contribution is -2.27. The Morgan fingerprint density at radius 2 is 2.28 bits per heavy atom. The molecule has 0 atom stereocenters. The van der Waals surface area contributed by atoms with Crippen LogP contribution in [0.3, 0.4) is 0 Å². The predicted molar refractivity (Wildman–Crippen MR) is 71.8 cm³/mol. The molecular formula is C13H13ClN2O2. The summed E-state index contributed by atoms with van der Waals surface area (Å²) in [5.74, 6) is 0.356. The third-order valence-electron chi connectivity index (χ3n) is 3.37. The molecule has 1 aliphatic heterocycles. The summed E-state index contributed by atoms with van der Waals surface area (Å²) in [5.41, 5.74) is 2.56. The number of aromatic nitrogens is 1. The van der Waals surface area contributed by atoms with Crippen molar-refractivity contribution in [1.29, 1.82) is 0 Å². The highest BCUT2D eigenvalue weighted by atomic mass is 35.5. The van der Waals surface area contributed by atoms with Crippen molar-refractivity contribution in [3.63, 3.8) is 0 Å². The van der Waals surface area contributed by atoms with Gasteiger partial charge in [0.2, 0.25) is 0 Å². The Balaban J connectivity index is 2.41. The molecule has 0 bridgehead atoms. The molecular weight excluding hydrogens is 252 g/mol. The van der Waals surface area contributed by atoms with Crippen LogP contribution in [0.1, 0.15) is 17.5 Å². The molecule has 0 saturated heterocycles. The van der Waals surface area contributed by atoms with Gasteiger partial charge in [0.05, 0.1) is 11.2 Å². The number of nitrogens with one attached hydrogen (secondary N) is 1. The molecule has 0 spiro atoms. The minimum absolute atomic E-state index is 0.337. The Morgan fingerprint density at radius 1 is 1.44 bits per heavy atom. The summed E-state index contributed by atoms with van der Waals surface area (Å²) in [6.45, 7) is 0.855. The first-order chi connectivity index (χ1) is 8.72. The van der Waals surface area contributed by atoms with Crippen molar-refractivity contribution in [3.8, 4) is 0 Å². The number of benzene rings is 1. The van der Waals surface area contributed by atoms with Gasteiger partial charge in [0.1, 0.15) is 0 Å². The lowest BCUT2D eigenvalue weighted by atomic mass is 10.0. The van der Waals surface area contributed by atoms with Crippen molar-refractivity contribution in [1.82, 2.24) is 4.73 Å². The third-order valence-corrected chi connectivity index (χ3v) is 3.68. The van der Waals surface area contributed by atoms with Crippen molar-refractivity contribution >= 4 is 28.2 Å². The van der Waals surface area contributed by atoms with Gasteiger partial charge in [-0.3, -0.25) is 4.79 Å². The number of fused-ring (bicyclic) bond motifs is 3. The minimum atomic E-state index is -0.337. The Labute approximate surface area is 109 Å². The second kappa shape index (κ2) is 4.21. The summed E-state index contributed by atoms with van der Waals surface area (Å²) in [6, 6.07) is 5.56. The number of anilines is 1. The fourth-order valence-corrected chi connectivity index (χ4v) is 2.63. The monoisotopic (exact) mass is 264 g/mol. The first-order valence-corrected chi connectivity index (χ1v) is 6.45. The highest BCUT2D eigenvalue weighted by Gasteiger charge is 2.19. The number of halogens is 1. The van der Waals surface area contributed by atoms with E-state index in [0.29, 0.717) is 23.4 Å². The van der Waals surface area contributed by atoms with E-state index in [-0.39, 0.29) is 5.56 Å². The van der Waals surface area contributed by atoms with E-state index in [1.165, 1.54) is 0 Å². The quantitative estimate of drug-likeness (QED) is 0.614. The molecule has 1 aliphatic rings. The summed E-state index contributed by atoms with van der Waals surface area (Å²) in [6.07, 6.45) is 1.61. The highest BCUT2D eigenvalue weighted by molar-refractivity contribution is 6.17. The van der Waals surface area contributed by atoms with Crippen molar-refractivity contribution in [2.45, 2.75) is 18.7 Å². The molecule has 2 aromatic rings. The van der Waals surface area contributed by atoms with Gasteiger partial charge >= 0.3 is 0 Å². The smallest absolute Gasteiger partial charge is 0.288 e. The van der Waals surface area contributed by atoms with E-state index in [9.17, 15) is 10.0 Å². The number of alkyl halides is 1. The van der Waals surface area contributed by atoms with Gasteiger partial charge in [0.15, 0.2) is 0 Å². The Bertz CT molecular complexity index is 679. The van der Waals surface area contributed by atoms with Crippen LogP contribution >= 0.6 is 11.6 Å². The van der Waals surface area contributed by atoms with E-state index in [1.54, 1.807) is 6.07 Å². The maximum Gasteiger partial charge on any atom is 0.288 e. The van der Waals surface area contributed by atoms with Crippen LogP contribution in [0.25, 0.3) is 10.9 Å². The number of hydrogen-bond donors (Lipinski definition) is 2. The SMILES string of the molecule is O=c1c2c(c3ccc(CCl)cc3n1O)NCCC2. The molecule has 18 heavy (non-hydrogen) atoms. The van der Waals surface area contributed by atoms with E-state index >= 15 is 0 Å². The number of rotatable bonds is 1. The van der Waals surface area contributed by atoms with Crippen molar-refractivity contribution < 1.29 is 5.21 Å². The fraction of sp³-hybridized carbons (Fsp3) is 0.308. The summed E-state index contributed by atoms with van der Waals surface area (Å²) in [5, 5.41) is 14.1. The Morgan fingerprint density at radius 3 is 3.06 bits per heavy atom. The molecule has 3 rings (SSSR count). The van der Waals surface area contributed by atoms with Gasteiger partial charge in [0.25, 0.3) is 5.56 Å². The van der Waals surface area contributed by atoms with Gasteiger partial charge in [-0.15, -0.1) is 16.3 Å². The molecule has 94 valence electrons. The van der Waals surface area contributed by atoms with Crippen LogP contribution in [-0.4, -0.2) is 16.5 Å². The second-order valence-electron chi connectivity index (χ2n) is 4.49. The maximum atomic E-state index is 12.1. The molecule has 0 aliphatic carbocycles. The van der Waals surface area contributed by atoms with Gasteiger partial charge in [-0.25, -0.2) is 0 Å². The van der Waals surface area contributed by atoms with Crippen LogP contribution in [0.2, 0.25) is 0 Å². The summed E-state index contributed by atoms with van der Waals surface area (Å²) in [7, 11) is 0. The number of pyridine rings is 1. The van der Waals surface area contributed by atoms with E-state index in [1.807, 2.05) is 12.1 Å². The van der Waals surface area contributed by atoms with Gasteiger partial charge in [-0.05, 0) is 24.5 Å². The van der Waals surface area contributed by atoms with Crippen LogP contribution in [0.5, 0.6) is 0 Å². The largest absolute Gasteiger partial charge is 0.425 e. The van der Waals surface area contributed by atoms with Crippen molar-refractivity contribution in [3.05, 3.63) is 39.7 Å². The van der Waals surface area contributed by atoms with Crippen LogP contribution < -0.4 is 10.9 Å². The standard InChI is InChI=1S/C13H13ClN2O2/c14-7-8-3-4-9-11(6-8)16(18)13(17)10-2-1-5-15-12(9)10/h3-4,6,15,18H,1-2,5,7H2. The highest BCUT2D eigenvalue weighted by Crippen LogP contribution is 2.29. The van der Waals surface area contributed by atoms with Crippen molar-refractivity contribution in [2.24, 2.45) is 0 Å². The lowest BCUT2D eigenvalue weighted by molar-refractivity contribution is 0.187. The molecule has 0 amide bonds. The maximum absolute atomic E-state index is 12.1. The van der Waals surface area contributed by atoms with E-state index in [2.05, 4.69) is 5.32 Å². The van der Waals surface area contributed by atoms with E-state index < -0.39 is 0 Å². The molecule has 0 unspecified atom stereocenters. The Kier molecular flexibility index (Phi) is 2.67. The summed E-state index contributed by atoms with van der Waals surface area (Å²) >= 11 is 5.78. The molecule has 4 nitrogen and oxygen atoms in total. The average Bonchev–Trinajstić information content (AvgIpc) is 2.44. The zero-order valence-electron chi connectivity index (χ0n) is 9.74. The molecule has 0 saturated carbocycles. The lowest BCUT2D eigenvalue weighted by Gasteiger charge is -2.20. The van der Waals surface area contributed by atoms with Crippen LogP contribution in [0.15, 0.2) is 23.0 Å². The van der Waals surface area contributed by atoms with Gasteiger partial charge < -0.3 is 10.5 Å². The van der Waals surface area contributed by atoms with Crippen LogP contribution in [0, 0.1) is 0 Å². The second-order valence-corrected chi connectivity index (χ2v) is 4.75. The van der Waals surface area contributed by atoms with Gasteiger partial charge in [-0.2, -0.15) is 0 Å². The molecule has 1 aromatic heterocycles. The predicted octanol–water partition coefficient (Wildman–Crippen LogP) is 2.34. The third kappa shape index (κ3) is 1.56. The fourth-order valence-electron chi connectivity index (χ4n) is 2.47. The normalized spacial score (nSPS) is 14.3. The van der Waals surface area contributed by atoms with Crippen LogP contribution in [-0.2, 0) is 12.3 Å². The van der Waals surface area contributed by atoms with Crippen molar-refractivity contribution in [2.75, 3.05) is 11.9 Å². The minimum Gasteiger partial charge on any atom is -0.425 e. The molecule has 2 N–H and O–H groups in total. The molecule has 0 fully saturated rings.